The quantitative estimate of drug-likeness (QED) is 0.797. The summed E-state index contributed by atoms with van der Waals surface area (Å²) in [5.74, 6) is 0. The van der Waals surface area contributed by atoms with Crippen LogP contribution in [0, 0.1) is 22.7 Å². The van der Waals surface area contributed by atoms with Crippen molar-refractivity contribution in [2.24, 2.45) is 0 Å². The van der Waals surface area contributed by atoms with Crippen LogP contribution in [0.5, 0.6) is 0 Å². The fourth-order valence-corrected chi connectivity index (χ4v) is 4.45. The van der Waals surface area contributed by atoms with Crippen molar-refractivity contribution in [3.63, 3.8) is 0 Å². The molecule has 1 saturated carbocycles. The van der Waals surface area contributed by atoms with Gasteiger partial charge in [-0.25, -0.2) is 8.42 Å². The Morgan fingerprint density at radius 1 is 1.29 bits per heavy atom. The fraction of sp³-hybridized carbons (Fsp3) is 0.429. The molecule has 21 heavy (non-hydrogen) atoms. The SMILES string of the molecule is N#CCN(C1CCCC1)S(=O)(=O)c1ccc(C#N)c(Cl)c1. The van der Waals surface area contributed by atoms with E-state index in [-0.39, 0.29) is 28.1 Å². The van der Waals surface area contributed by atoms with Crippen molar-refractivity contribution in [2.45, 2.75) is 36.6 Å². The first-order valence-corrected chi connectivity index (χ1v) is 8.41. The first kappa shape index (κ1) is 15.8. The van der Waals surface area contributed by atoms with Gasteiger partial charge in [-0.05, 0) is 31.0 Å². The van der Waals surface area contributed by atoms with Gasteiger partial charge in [0.2, 0.25) is 10.0 Å². The van der Waals surface area contributed by atoms with Crippen LogP contribution in [0.4, 0.5) is 0 Å². The minimum absolute atomic E-state index is 0.0219. The highest BCUT2D eigenvalue weighted by Gasteiger charge is 2.33. The van der Waals surface area contributed by atoms with E-state index in [1.807, 2.05) is 12.1 Å². The summed E-state index contributed by atoms with van der Waals surface area (Å²) in [7, 11) is -3.78. The Kier molecular flexibility index (Phi) is 4.84. The lowest BCUT2D eigenvalue weighted by Gasteiger charge is -2.25. The first-order valence-electron chi connectivity index (χ1n) is 6.59. The maximum atomic E-state index is 12.7. The molecule has 1 aromatic rings. The Morgan fingerprint density at radius 2 is 1.95 bits per heavy atom. The Morgan fingerprint density at radius 3 is 2.48 bits per heavy atom. The molecule has 0 atom stereocenters. The van der Waals surface area contributed by atoms with Crippen molar-refractivity contribution in [2.75, 3.05) is 6.54 Å². The molecular weight excluding hydrogens is 310 g/mol. The topological polar surface area (TPSA) is 85.0 Å². The van der Waals surface area contributed by atoms with Gasteiger partial charge >= 0.3 is 0 Å². The molecule has 0 unspecified atom stereocenters. The van der Waals surface area contributed by atoms with E-state index in [1.54, 1.807) is 0 Å². The molecule has 0 aliphatic heterocycles. The molecule has 0 bridgehead atoms. The molecule has 0 amide bonds. The lowest BCUT2D eigenvalue weighted by molar-refractivity contribution is 0.350. The van der Waals surface area contributed by atoms with E-state index in [9.17, 15) is 8.42 Å². The molecule has 0 N–H and O–H groups in total. The van der Waals surface area contributed by atoms with Crippen LogP contribution in [-0.2, 0) is 10.0 Å². The summed E-state index contributed by atoms with van der Waals surface area (Å²) in [5.41, 5.74) is 0.225. The van der Waals surface area contributed by atoms with Gasteiger partial charge in [-0.1, -0.05) is 24.4 Å². The Bertz CT molecular complexity index is 713. The molecule has 0 heterocycles. The number of rotatable bonds is 4. The summed E-state index contributed by atoms with van der Waals surface area (Å²) in [6.07, 6.45) is 3.47. The average Bonchev–Trinajstić information content (AvgIpc) is 2.98. The summed E-state index contributed by atoms with van der Waals surface area (Å²) in [4.78, 5) is 0.0219. The van der Waals surface area contributed by atoms with E-state index in [4.69, 9.17) is 22.1 Å². The normalized spacial score (nSPS) is 15.8. The molecule has 2 rings (SSSR count). The zero-order valence-corrected chi connectivity index (χ0v) is 12.9. The molecule has 0 saturated heterocycles. The Hall–Kier alpha value is -1.60. The molecule has 0 aromatic heterocycles. The van der Waals surface area contributed by atoms with Crippen LogP contribution in [-0.4, -0.2) is 25.3 Å². The van der Waals surface area contributed by atoms with Crippen LogP contribution in [0.2, 0.25) is 5.02 Å². The molecular formula is C14H14ClN3O2S. The van der Waals surface area contributed by atoms with Crippen molar-refractivity contribution in [3.8, 4) is 12.1 Å². The van der Waals surface area contributed by atoms with Crippen LogP contribution in [0.1, 0.15) is 31.2 Å². The largest absolute Gasteiger partial charge is 0.244 e. The van der Waals surface area contributed by atoms with Crippen molar-refractivity contribution in [1.82, 2.24) is 4.31 Å². The van der Waals surface area contributed by atoms with E-state index < -0.39 is 10.0 Å². The van der Waals surface area contributed by atoms with Gasteiger partial charge in [0.1, 0.15) is 12.6 Å². The summed E-state index contributed by atoms with van der Waals surface area (Å²) in [6, 6.07) is 7.69. The van der Waals surface area contributed by atoms with E-state index in [1.165, 1.54) is 22.5 Å². The van der Waals surface area contributed by atoms with E-state index in [2.05, 4.69) is 0 Å². The zero-order chi connectivity index (χ0) is 15.5. The zero-order valence-electron chi connectivity index (χ0n) is 11.3. The molecule has 1 aliphatic carbocycles. The highest BCUT2D eigenvalue weighted by molar-refractivity contribution is 7.89. The van der Waals surface area contributed by atoms with E-state index in [0.29, 0.717) is 0 Å². The molecule has 1 aliphatic rings. The predicted molar refractivity (Wildman–Crippen MR) is 77.9 cm³/mol. The van der Waals surface area contributed by atoms with Gasteiger partial charge in [0, 0.05) is 6.04 Å². The van der Waals surface area contributed by atoms with Gasteiger partial charge in [0.05, 0.1) is 21.6 Å². The average molecular weight is 324 g/mol. The van der Waals surface area contributed by atoms with Gasteiger partial charge in [0.25, 0.3) is 0 Å². The van der Waals surface area contributed by atoms with Crippen LogP contribution < -0.4 is 0 Å². The van der Waals surface area contributed by atoms with Crippen molar-refractivity contribution in [1.29, 1.82) is 10.5 Å². The van der Waals surface area contributed by atoms with Crippen LogP contribution in [0.25, 0.3) is 0 Å². The van der Waals surface area contributed by atoms with E-state index >= 15 is 0 Å². The molecule has 0 radical (unpaired) electrons. The number of sulfonamides is 1. The number of nitrogens with zero attached hydrogens (tertiary/aromatic N) is 3. The third-order valence-electron chi connectivity index (χ3n) is 3.63. The van der Waals surface area contributed by atoms with Gasteiger partial charge in [-0.2, -0.15) is 14.8 Å². The summed E-state index contributed by atoms with van der Waals surface area (Å²) >= 11 is 5.91. The second kappa shape index (κ2) is 6.44. The number of halogens is 1. The fourth-order valence-electron chi connectivity index (χ4n) is 2.55. The monoisotopic (exact) mass is 323 g/mol. The van der Waals surface area contributed by atoms with Gasteiger partial charge in [-0.15, -0.1) is 0 Å². The maximum Gasteiger partial charge on any atom is 0.244 e. The number of nitriles is 2. The molecule has 7 heteroatoms. The second-order valence-electron chi connectivity index (χ2n) is 4.90. The number of benzene rings is 1. The molecule has 1 aromatic carbocycles. The number of hydrogen-bond acceptors (Lipinski definition) is 4. The van der Waals surface area contributed by atoms with E-state index in [0.717, 1.165) is 25.7 Å². The van der Waals surface area contributed by atoms with Crippen LogP contribution in [0.3, 0.4) is 0 Å². The lowest BCUT2D eigenvalue weighted by atomic mass is 10.2. The molecule has 0 spiro atoms. The smallest absolute Gasteiger partial charge is 0.207 e. The van der Waals surface area contributed by atoms with Crippen LogP contribution >= 0.6 is 11.6 Å². The maximum absolute atomic E-state index is 12.7. The minimum atomic E-state index is -3.78. The van der Waals surface area contributed by atoms with Gasteiger partial charge in [-0.3, -0.25) is 0 Å². The van der Waals surface area contributed by atoms with Crippen molar-refractivity contribution >= 4 is 21.6 Å². The Balaban J connectivity index is 2.41. The molecule has 1 fully saturated rings. The van der Waals surface area contributed by atoms with Crippen LogP contribution in [0.15, 0.2) is 23.1 Å². The summed E-state index contributed by atoms with van der Waals surface area (Å²) < 4.78 is 26.6. The lowest BCUT2D eigenvalue weighted by Crippen LogP contribution is -2.39. The number of hydrogen-bond donors (Lipinski definition) is 0. The molecule has 110 valence electrons. The van der Waals surface area contributed by atoms with Crippen molar-refractivity contribution in [3.05, 3.63) is 28.8 Å². The predicted octanol–water partition coefficient (Wildman–Crippen LogP) is 2.67. The highest BCUT2D eigenvalue weighted by atomic mass is 35.5. The molecule has 5 nitrogen and oxygen atoms in total. The standard InChI is InChI=1S/C14H14ClN3O2S/c15-14-9-13(6-5-11(14)10-17)21(19,20)18(8-7-16)12-3-1-2-4-12/h5-6,9,12H,1-4,8H2. The van der Waals surface area contributed by atoms with Gasteiger partial charge < -0.3 is 0 Å². The van der Waals surface area contributed by atoms with Crippen molar-refractivity contribution < 1.29 is 8.42 Å². The van der Waals surface area contributed by atoms with Gasteiger partial charge in [0.15, 0.2) is 0 Å². The third kappa shape index (κ3) is 3.19. The Labute approximate surface area is 129 Å². The third-order valence-corrected chi connectivity index (χ3v) is 5.83. The summed E-state index contributed by atoms with van der Waals surface area (Å²) in [6.45, 7) is -0.176. The summed E-state index contributed by atoms with van der Waals surface area (Å²) in [5, 5.41) is 17.9. The highest BCUT2D eigenvalue weighted by Crippen LogP contribution is 2.29. The minimum Gasteiger partial charge on any atom is -0.207 e. The first-order chi connectivity index (χ1) is 10.0. The second-order valence-corrected chi connectivity index (χ2v) is 7.20.